The van der Waals surface area contributed by atoms with Crippen molar-refractivity contribution in [3.05, 3.63) is 70.5 Å². The van der Waals surface area contributed by atoms with Gasteiger partial charge in [-0.25, -0.2) is 13.6 Å². The van der Waals surface area contributed by atoms with Gasteiger partial charge in [-0.05, 0) is 23.6 Å². The number of urea groups is 1. The third-order valence-electron chi connectivity index (χ3n) is 3.64. The predicted molar refractivity (Wildman–Crippen MR) is 91.7 cm³/mol. The summed E-state index contributed by atoms with van der Waals surface area (Å²) in [6.45, 7) is -0.477. The fourth-order valence-corrected chi connectivity index (χ4v) is 2.65. The Morgan fingerprint density at radius 1 is 1.08 bits per heavy atom. The molecule has 2 N–H and O–H groups in total. The molecule has 2 aromatic rings. The highest BCUT2D eigenvalue weighted by atomic mass is 35.5. The summed E-state index contributed by atoms with van der Waals surface area (Å²) >= 11 is 5.88. The summed E-state index contributed by atoms with van der Waals surface area (Å²) in [5.74, 6) is -0.770. The largest absolute Gasteiger partial charge is 0.338 e. The van der Waals surface area contributed by atoms with Crippen molar-refractivity contribution in [1.82, 2.24) is 10.6 Å². The molecule has 1 unspecified atom stereocenters. The molecule has 0 aliphatic rings. The van der Waals surface area contributed by atoms with Gasteiger partial charge in [-0.15, -0.1) is 0 Å². The summed E-state index contributed by atoms with van der Waals surface area (Å²) in [5.41, 5.74) is 1.46. The van der Waals surface area contributed by atoms with Crippen molar-refractivity contribution in [3.63, 3.8) is 0 Å². The molecule has 6 heteroatoms. The van der Waals surface area contributed by atoms with Crippen LogP contribution in [0.5, 0.6) is 0 Å². The van der Waals surface area contributed by atoms with Crippen LogP contribution in [0.15, 0.2) is 48.5 Å². The van der Waals surface area contributed by atoms with Crippen LogP contribution in [0.4, 0.5) is 13.6 Å². The number of nitrogens with one attached hydrogen (secondary N) is 2. The van der Waals surface area contributed by atoms with E-state index >= 15 is 0 Å². The normalized spacial score (nSPS) is 11.8. The van der Waals surface area contributed by atoms with Crippen LogP contribution in [0.1, 0.15) is 17.0 Å². The smallest absolute Gasteiger partial charge is 0.314 e. The minimum Gasteiger partial charge on any atom is -0.338 e. The lowest BCUT2D eigenvalue weighted by Gasteiger charge is -2.19. The van der Waals surface area contributed by atoms with E-state index in [1.807, 2.05) is 30.3 Å². The maximum absolute atomic E-state index is 14.4. The third kappa shape index (κ3) is 5.20. The molecule has 128 valence electrons. The number of carbonyl (C=O) groups is 1. The molecule has 0 saturated carbocycles. The molecule has 2 amide bonds. The summed E-state index contributed by atoms with van der Waals surface area (Å²) in [6, 6.07) is 14.0. The van der Waals surface area contributed by atoms with Crippen molar-refractivity contribution in [3.8, 4) is 0 Å². The Morgan fingerprint density at radius 2 is 1.83 bits per heavy atom. The molecular formula is C18H19ClF2N2O. The molecule has 0 heterocycles. The predicted octanol–water partition coefficient (Wildman–Crippen LogP) is 4.07. The van der Waals surface area contributed by atoms with E-state index in [9.17, 15) is 13.6 Å². The van der Waals surface area contributed by atoms with E-state index < -0.39 is 18.5 Å². The van der Waals surface area contributed by atoms with E-state index in [0.29, 0.717) is 12.0 Å². The quantitative estimate of drug-likeness (QED) is 0.774. The number of amides is 2. The molecule has 1 atom stereocenters. The van der Waals surface area contributed by atoms with Gasteiger partial charge in [0, 0.05) is 19.0 Å². The Bertz CT molecular complexity index is 667. The maximum atomic E-state index is 14.4. The average molecular weight is 353 g/mol. The third-order valence-corrected chi connectivity index (χ3v) is 3.93. The van der Waals surface area contributed by atoms with Crippen LogP contribution in [0.2, 0.25) is 5.02 Å². The van der Waals surface area contributed by atoms with Crippen LogP contribution in [0.25, 0.3) is 0 Å². The fourth-order valence-electron chi connectivity index (χ4n) is 2.47. The highest BCUT2D eigenvalue weighted by Gasteiger charge is 2.19. The molecule has 24 heavy (non-hydrogen) atoms. The Labute approximate surface area is 145 Å². The first-order chi connectivity index (χ1) is 11.6. The van der Waals surface area contributed by atoms with Crippen molar-refractivity contribution < 1.29 is 13.6 Å². The number of benzene rings is 2. The molecule has 0 bridgehead atoms. The van der Waals surface area contributed by atoms with Crippen LogP contribution in [0.3, 0.4) is 0 Å². The van der Waals surface area contributed by atoms with Gasteiger partial charge in [0.05, 0.1) is 5.02 Å². The monoisotopic (exact) mass is 352 g/mol. The Hall–Kier alpha value is -2.14. The first kappa shape index (κ1) is 18.2. The van der Waals surface area contributed by atoms with Gasteiger partial charge in [0.15, 0.2) is 0 Å². The second-order valence-corrected chi connectivity index (χ2v) is 5.76. The first-order valence-electron chi connectivity index (χ1n) is 7.67. The van der Waals surface area contributed by atoms with Crippen LogP contribution >= 0.6 is 11.6 Å². The van der Waals surface area contributed by atoms with Crippen LogP contribution in [0, 0.1) is 5.82 Å². The van der Waals surface area contributed by atoms with E-state index in [1.54, 1.807) is 12.1 Å². The second kappa shape index (κ2) is 9.23. The summed E-state index contributed by atoms with van der Waals surface area (Å²) in [7, 11) is 0. The van der Waals surface area contributed by atoms with Crippen LogP contribution in [-0.4, -0.2) is 25.8 Å². The standard InChI is InChI=1S/C18H19ClF2N2O/c19-16-8-4-7-15(17(16)21)14(11-13-5-2-1-3-6-13)12-23-18(24)22-10-9-20/h1-8,14H,9-12H2,(H2,22,23,24). The van der Waals surface area contributed by atoms with Gasteiger partial charge in [0.2, 0.25) is 0 Å². The molecular weight excluding hydrogens is 334 g/mol. The number of hydrogen-bond acceptors (Lipinski definition) is 1. The van der Waals surface area contributed by atoms with Crippen LogP contribution in [-0.2, 0) is 6.42 Å². The zero-order chi connectivity index (χ0) is 17.4. The molecule has 3 nitrogen and oxygen atoms in total. The minimum absolute atomic E-state index is 0.0486. The summed E-state index contributed by atoms with van der Waals surface area (Å²) in [6.07, 6.45) is 0.543. The van der Waals surface area contributed by atoms with E-state index in [4.69, 9.17) is 11.6 Å². The first-order valence-corrected chi connectivity index (χ1v) is 8.05. The van der Waals surface area contributed by atoms with E-state index in [0.717, 1.165) is 5.56 Å². The van der Waals surface area contributed by atoms with Crippen molar-refractivity contribution in [2.24, 2.45) is 0 Å². The van der Waals surface area contributed by atoms with Crippen molar-refractivity contribution >= 4 is 17.6 Å². The topological polar surface area (TPSA) is 41.1 Å². The molecule has 0 aliphatic heterocycles. The van der Waals surface area contributed by atoms with Crippen molar-refractivity contribution in [2.45, 2.75) is 12.3 Å². The minimum atomic E-state index is -0.635. The van der Waals surface area contributed by atoms with Gasteiger partial charge >= 0.3 is 6.03 Å². The van der Waals surface area contributed by atoms with Crippen LogP contribution < -0.4 is 10.6 Å². The number of hydrogen-bond donors (Lipinski definition) is 2. The molecule has 0 aliphatic carbocycles. The summed E-state index contributed by atoms with van der Waals surface area (Å²) < 4.78 is 26.5. The van der Waals surface area contributed by atoms with Gasteiger partial charge in [0.1, 0.15) is 12.5 Å². The lowest BCUT2D eigenvalue weighted by Crippen LogP contribution is -2.39. The zero-order valence-corrected chi connectivity index (χ0v) is 13.8. The lowest BCUT2D eigenvalue weighted by atomic mass is 9.91. The van der Waals surface area contributed by atoms with E-state index in [1.165, 1.54) is 6.07 Å². The molecule has 0 fully saturated rings. The van der Waals surface area contributed by atoms with Crippen molar-refractivity contribution in [2.75, 3.05) is 19.8 Å². The Kier molecular flexibility index (Phi) is 7.00. The maximum Gasteiger partial charge on any atom is 0.314 e. The van der Waals surface area contributed by atoms with Gasteiger partial charge in [0.25, 0.3) is 0 Å². The molecule has 0 saturated heterocycles. The number of halogens is 3. The Balaban J connectivity index is 2.15. The second-order valence-electron chi connectivity index (χ2n) is 5.36. The van der Waals surface area contributed by atoms with Gasteiger partial charge in [-0.2, -0.15) is 0 Å². The number of alkyl halides is 1. The average Bonchev–Trinajstić information content (AvgIpc) is 2.60. The molecule has 2 rings (SSSR count). The number of carbonyl (C=O) groups excluding carboxylic acids is 1. The zero-order valence-electron chi connectivity index (χ0n) is 13.1. The lowest BCUT2D eigenvalue weighted by molar-refractivity contribution is 0.239. The summed E-state index contributed by atoms with van der Waals surface area (Å²) in [4.78, 5) is 11.6. The molecule has 0 aromatic heterocycles. The fraction of sp³-hybridized carbons (Fsp3) is 0.278. The van der Waals surface area contributed by atoms with E-state index in [2.05, 4.69) is 10.6 Å². The molecule has 2 aromatic carbocycles. The highest BCUT2D eigenvalue weighted by molar-refractivity contribution is 6.30. The SMILES string of the molecule is O=C(NCCF)NCC(Cc1ccccc1)c1cccc(Cl)c1F. The van der Waals surface area contributed by atoms with Gasteiger partial charge < -0.3 is 10.6 Å². The Morgan fingerprint density at radius 3 is 2.54 bits per heavy atom. The summed E-state index contributed by atoms with van der Waals surface area (Å²) in [5, 5.41) is 5.09. The molecule has 0 spiro atoms. The van der Waals surface area contributed by atoms with Crippen molar-refractivity contribution in [1.29, 1.82) is 0 Å². The van der Waals surface area contributed by atoms with E-state index in [-0.39, 0.29) is 24.0 Å². The molecule has 0 radical (unpaired) electrons. The van der Waals surface area contributed by atoms with Gasteiger partial charge in [-0.3, -0.25) is 0 Å². The van der Waals surface area contributed by atoms with Gasteiger partial charge in [-0.1, -0.05) is 54.1 Å². The number of rotatable bonds is 7. The highest BCUT2D eigenvalue weighted by Crippen LogP contribution is 2.27.